The Morgan fingerprint density at radius 2 is 1.82 bits per heavy atom. The first-order chi connectivity index (χ1) is 8.11. The van der Waals surface area contributed by atoms with Crippen LogP contribution in [-0.4, -0.2) is 23.5 Å². The van der Waals surface area contributed by atoms with Gasteiger partial charge in [-0.2, -0.15) is 0 Å². The molecule has 0 fully saturated rings. The molecule has 0 spiro atoms. The van der Waals surface area contributed by atoms with Gasteiger partial charge in [-0.1, -0.05) is 6.92 Å². The van der Waals surface area contributed by atoms with E-state index in [2.05, 4.69) is 10.6 Å². The van der Waals surface area contributed by atoms with E-state index in [9.17, 15) is 9.59 Å². The molecule has 1 rings (SSSR count). The minimum atomic E-state index is -0.292. The zero-order valence-electron chi connectivity index (χ0n) is 9.69. The third-order valence-electron chi connectivity index (χ3n) is 2.07. The Morgan fingerprint density at radius 1 is 1.18 bits per heavy atom. The van der Waals surface area contributed by atoms with Crippen molar-refractivity contribution in [3.05, 3.63) is 24.3 Å². The maximum Gasteiger partial charge on any atom is 0.243 e. The Bertz CT molecular complexity index is 387. The van der Waals surface area contributed by atoms with E-state index in [4.69, 9.17) is 5.11 Å². The fraction of sp³-hybridized carbons (Fsp3) is 0.333. The lowest BCUT2D eigenvalue weighted by Gasteiger charge is -2.06. The predicted octanol–water partition coefficient (Wildman–Crippen LogP) is 1.25. The molecule has 92 valence electrons. The van der Waals surface area contributed by atoms with Crippen molar-refractivity contribution in [3.63, 3.8) is 0 Å². The second-order valence-corrected chi connectivity index (χ2v) is 3.62. The molecular formula is C12H16N2O3. The molecule has 2 amide bonds. The number of benzene rings is 1. The molecule has 0 atom stereocenters. The van der Waals surface area contributed by atoms with Gasteiger partial charge < -0.3 is 15.7 Å². The van der Waals surface area contributed by atoms with Crippen molar-refractivity contribution >= 4 is 17.5 Å². The van der Waals surface area contributed by atoms with Crippen LogP contribution in [-0.2, 0) is 9.59 Å². The lowest BCUT2D eigenvalue weighted by atomic mass is 10.3. The average molecular weight is 236 g/mol. The molecule has 0 radical (unpaired) electrons. The van der Waals surface area contributed by atoms with E-state index in [1.54, 1.807) is 12.1 Å². The van der Waals surface area contributed by atoms with Crippen LogP contribution in [0.3, 0.4) is 0 Å². The SMILES string of the molecule is CCCC(=O)NCC(=O)Nc1ccc(O)cc1. The standard InChI is InChI=1S/C12H16N2O3/c1-2-3-11(16)13-8-12(17)14-9-4-6-10(15)7-5-9/h4-7,15H,2-3,8H2,1H3,(H,13,16)(H,14,17). The van der Waals surface area contributed by atoms with Gasteiger partial charge in [-0.05, 0) is 30.7 Å². The number of phenols is 1. The van der Waals surface area contributed by atoms with Crippen LogP contribution in [0.5, 0.6) is 5.75 Å². The number of phenolic OH excluding ortho intramolecular Hbond substituents is 1. The van der Waals surface area contributed by atoms with Crippen molar-refractivity contribution in [2.75, 3.05) is 11.9 Å². The zero-order chi connectivity index (χ0) is 12.7. The number of anilines is 1. The van der Waals surface area contributed by atoms with E-state index in [1.807, 2.05) is 6.92 Å². The number of aromatic hydroxyl groups is 1. The van der Waals surface area contributed by atoms with Gasteiger partial charge in [-0.25, -0.2) is 0 Å². The Morgan fingerprint density at radius 3 is 2.41 bits per heavy atom. The van der Waals surface area contributed by atoms with Gasteiger partial charge in [0.1, 0.15) is 5.75 Å². The van der Waals surface area contributed by atoms with E-state index in [-0.39, 0.29) is 24.1 Å². The molecule has 5 heteroatoms. The van der Waals surface area contributed by atoms with Gasteiger partial charge in [0.2, 0.25) is 11.8 Å². The molecule has 0 aliphatic carbocycles. The molecular weight excluding hydrogens is 220 g/mol. The number of nitrogens with one attached hydrogen (secondary N) is 2. The molecule has 5 nitrogen and oxygen atoms in total. The van der Waals surface area contributed by atoms with Crippen molar-refractivity contribution in [1.82, 2.24) is 5.32 Å². The number of amides is 2. The average Bonchev–Trinajstić information content (AvgIpc) is 2.30. The van der Waals surface area contributed by atoms with Crippen LogP contribution >= 0.6 is 0 Å². The molecule has 0 aliphatic rings. The van der Waals surface area contributed by atoms with E-state index < -0.39 is 0 Å². The van der Waals surface area contributed by atoms with Gasteiger partial charge in [-0.3, -0.25) is 9.59 Å². The second-order valence-electron chi connectivity index (χ2n) is 3.62. The van der Waals surface area contributed by atoms with Gasteiger partial charge in [0.05, 0.1) is 6.54 Å². The fourth-order valence-corrected chi connectivity index (χ4v) is 1.24. The summed E-state index contributed by atoms with van der Waals surface area (Å²) in [7, 11) is 0. The number of hydrogen-bond acceptors (Lipinski definition) is 3. The van der Waals surface area contributed by atoms with Crippen molar-refractivity contribution in [2.45, 2.75) is 19.8 Å². The summed E-state index contributed by atoms with van der Waals surface area (Å²) in [6, 6.07) is 6.12. The first-order valence-electron chi connectivity index (χ1n) is 5.47. The molecule has 17 heavy (non-hydrogen) atoms. The quantitative estimate of drug-likeness (QED) is 0.673. The molecule has 0 bridgehead atoms. The first-order valence-corrected chi connectivity index (χ1v) is 5.47. The van der Waals surface area contributed by atoms with Crippen LogP contribution in [0.1, 0.15) is 19.8 Å². The molecule has 0 saturated heterocycles. The minimum Gasteiger partial charge on any atom is -0.508 e. The molecule has 0 saturated carbocycles. The summed E-state index contributed by atoms with van der Waals surface area (Å²) in [6.07, 6.45) is 1.18. The van der Waals surface area contributed by atoms with Gasteiger partial charge >= 0.3 is 0 Å². The van der Waals surface area contributed by atoms with Crippen LogP contribution in [0.25, 0.3) is 0 Å². The zero-order valence-corrected chi connectivity index (χ0v) is 9.69. The Labute approximate surface area is 99.8 Å². The fourth-order valence-electron chi connectivity index (χ4n) is 1.24. The van der Waals surface area contributed by atoms with Crippen LogP contribution in [0, 0.1) is 0 Å². The molecule has 1 aromatic rings. The smallest absolute Gasteiger partial charge is 0.243 e. The monoisotopic (exact) mass is 236 g/mol. The number of carbonyl (C=O) groups excluding carboxylic acids is 2. The minimum absolute atomic E-state index is 0.0420. The summed E-state index contributed by atoms with van der Waals surface area (Å²) in [5, 5.41) is 14.2. The summed E-state index contributed by atoms with van der Waals surface area (Å²) < 4.78 is 0. The third-order valence-corrected chi connectivity index (χ3v) is 2.07. The van der Waals surface area contributed by atoms with Gasteiger partial charge in [-0.15, -0.1) is 0 Å². The van der Waals surface area contributed by atoms with Crippen molar-refractivity contribution in [3.8, 4) is 5.75 Å². The largest absolute Gasteiger partial charge is 0.508 e. The van der Waals surface area contributed by atoms with E-state index in [0.717, 1.165) is 6.42 Å². The Kier molecular flexibility index (Phi) is 5.00. The number of hydrogen-bond donors (Lipinski definition) is 3. The highest BCUT2D eigenvalue weighted by Gasteiger charge is 2.04. The topological polar surface area (TPSA) is 78.4 Å². The first kappa shape index (κ1) is 13.0. The highest BCUT2D eigenvalue weighted by Crippen LogP contribution is 2.13. The number of rotatable bonds is 5. The van der Waals surface area contributed by atoms with Gasteiger partial charge in [0.15, 0.2) is 0 Å². The summed E-state index contributed by atoms with van der Waals surface area (Å²) in [5.74, 6) is -0.284. The highest BCUT2D eigenvalue weighted by molar-refractivity contribution is 5.94. The molecule has 0 unspecified atom stereocenters. The lowest BCUT2D eigenvalue weighted by molar-refractivity contribution is -0.124. The summed E-state index contributed by atoms with van der Waals surface area (Å²) in [6.45, 7) is 1.86. The Balaban J connectivity index is 2.34. The molecule has 1 aromatic carbocycles. The second kappa shape index (κ2) is 6.52. The highest BCUT2D eigenvalue weighted by atomic mass is 16.3. The molecule has 0 aromatic heterocycles. The lowest BCUT2D eigenvalue weighted by Crippen LogP contribution is -2.32. The van der Waals surface area contributed by atoms with Crippen LogP contribution in [0.4, 0.5) is 5.69 Å². The van der Waals surface area contributed by atoms with E-state index >= 15 is 0 Å². The molecule has 3 N–H and O–H groups in total. The third kappa shape index (κ3) is 5.01. The molecule has 0 heterocycles. The summed E-state index contributed by atoms with van der Waals surface area (Å²) >= 11 is 0. The van der Waals surface area contributed by atoms with Crippen molar-refractivity contribution in [1.29, 1.82) is 0 Å². The maximum atomic E-state index is 11.4. The molecule has 0 aliphatic heterocycles. The van der Waals surface area contributed by atoms with Crippen molar-refractivity contribution in [2.24, 2.45) is 0 Å². The summed E-state index contributed by atoms with van der Waals surface area (Å²) in [5.41, 5.74) is 0.581. The normalized spacial score (nSPS) is 9.71. The van der Waals surface area contributed by atoms with E-state index in [1.165, 1.54) is 12.1 Å². The van der Waals surface area contributed by atoms with Gasteiger partial charge in [0.25, 0.3) is 0 Å². The summed E-state index contributed by atoms with van der Waals surface area (Å²) in [4.78, 5) is 22.5. The van der Waals surface area contributed by atoms with Crippen LogP contribution < -0.4 is 10.6 Å². The maximum absolute atomic E-state index is 11.4. The van der Waals surface area contributed by atoms with Gasteiger partial charge in [0, 0.05) is 12.1 Å². The van der Waals surface area contributed by atoms with E-state index in [0.29, 0.717) is 12.1 Å². The Hall–Kier alpha value is -2.04. The van der Waals surface area contributed by atoms with Crippen LogP contribution in [0.15, 0.2) is 24.3 Å². The van der Waals surface area contributed by atoms with Crippen molar-refractivity contribution < 1.29 is 14.7 Å². The number of carbonyl (C=O) groups is 2. The van der Waals surface area contributed by atoms with Crippen LogP contribution in [0.2, 0.25) is 0 Å². The predicted molar refractivity (Wildman–Crippen MR) is 64.7 cm³/mol.